The van der Waals surface area contributed by atoms with Crippen molar-refractivity contribution in [3.63, 3.8) is 0 Å². The van der Waals surface area contributed by atoms with Crippen LogP contribution in [0.5, 0.6) is 0 Å². The van der Waals surface area contributed by atoms with Gasteiger partial charge in [0, 0.05) is 11.8 Å². The molecule has 4 rings (SSSR count). The predicted octanol–water partition coefficient (Wildman–Crippen LogP) is 4.88. The standard InChI is InChI=1S/C18H11ClFN3/c19-13-6-3-5-12(17-14(20)7-4-10-21-17)18(13)23-11-22-15-8-1-2-9-16(15)23/h1-11H. The predicted molar refractivity (Wildman–Crippen MR) is 89.3 cm³/mol. The van der Waals surface area contributed by atoms with Crippen molar-refractivity contribution in [2.45, 2.75) is 0 Å². The number of imidazole rings is 1. The number of para-hydroxylation sites is 3. The Hall–Kier alpha value is -2.72. The summed E-state index contributed by atoms with van der Waals surface area (Å²) >= 11 is 6.42. The highest BCUT2D eigenvalue weighted by atomic mass is 35.5. The molecule has 0 unspecified atom stereocenters. The average Bonchev–Trinajstić information content (AvgIpc) is 2.99. The second-order valence-corrected chi connectivity index (χ2v) is 5.48. The quantitative estimate of drug-likeness (QED) is 0.526. The van der Waals surface area contributed by atoms with Gasteiger partial charge in [-0.15, -0.1) is 0 Å². The summed E-state index contributed by atoms with van der Waals surface area (Å²) in [6.07, 6.45) is 3.26. The highest BCUT2D eigenvalue weighted by Gasteiger charge is 2.16. The largest absolute Gasteiger partial charge is 0.297 e. The summed E-state index contributed by atoms with van der Waals surface area (Å²) in [6, 6.07) is 16.0. The number of aromatic nitrogens is 3. The Labute approximate surface area is 137 Å². The van der Waals surface area contributed by atoms with Gasteiger partial charge in [-0.2, -0.15) is 0 Å². The number of hydrogen-bond donors (Lipinski definition) is 0. The van der Waals surface area contributed by atoms with Crippen LogP contribution in [0.3, 0.4) is 0 Å². The van der Waals surface area contributed by atoms with Gasteiger partial charge in [0.2, 0.25) is 0 Å². The smallest absolute Gasteiger partial charge is 0.149 e. The Morgan fingerprint density at radius 3 is 2.65 bits per heavy atom. The van der Waals surface area contributed by atoms with Gasteiger partial charge in [0.1, 0.15) is 17.8 Å². The lowest BCUT2D eigenvalue weighted by molar-refractivity contribution is 0.625. The van der Waals surface area contributed by atoms with E-state index in [-0.39, 0.29) is 11.5 Å². The van der Waals surface area contributed by atoms with E-state index in [2.05, 4.69) is 9.97 Å². The molecule has 0 aliphatic carbocycles. The monoisotopic (exact) mass is 323 g/mol. The molecule has 0 saturated carbocycles. The van der Waals surface area contributed by atoms with Gasteiger partial charge in [-0.1, -0.05) is 35.9 Å². The molecule has 2 aromatic heterocycles. The molecule has 0 aliphatic rings. The summed E-state index contributed by atoms with van der Waals surface area (Å²) in [5.41, 5.74) is 3.31. The zero-order valence-electron chi connectivity index (χ0n) is 11.9. The van der Waals surface area contributed by atoms with E-state index >= 15 is 0 Å². The van der Waals surface area contributed by atoms with Crippen LogP contribution in [0, 0.1) is 5.82 Å². The van der Waals surface area contributed by atoms with Crippen LogP contribution in [0.25, 0.3) is 28.0 Å². The first-order chi connectivity index (χ1) is 11.3. The average molecular weight is 324 g/mol. The van der Waals surface area contributed by atoms with E-state index in [0.29, 0.717) is 16.3 Å². The minimum absolute atomic E-state index is 0.266. The number of hydrogen-bond acceptors (Lipinski definition) is 2. The fraction of sp³-hybridized carbons (Fsp3) is 0. The summed E-state index contributed by atoms with van der Waals surface area (Å²) in [4.78, 5) is 8.56. The van der Waals surface area contributed by atoms with Crippen molar-refractivity contribution >= 4 is 22.6 Å². The van der Waals surface area contributed by atoms with Crippen molar-refractivity contribution in [3.05, 3.63) is 78.0 Å². The maximum atomic E-state index is 14.2. The number of benzene rings is 2. The Balaban J connectivity index is 2.05. The molecule has 0 saturated heterocycles. The van der Waals surface area contributed by atoms with Gasteiger partial charge >= 0.3 is 0 Å². The zero-order valence-corrected chi connectivity index (χ0v) is 12.7. The lowest BCUT2D eigenvalue weighted by Gasteiger charge is -2.13. The molecule has 2 aromatic carbocycles. The number of rotatable bonds is 2. The zero-order chi connectivity index (χ0) is 15.8. The van der Waals surface area contributed by atoms with E-state index in [1.54, 1.807) is 36.8 Å². The van der Waals surface area contributed by atoms with Crippen molar-refractivity contribution in [1.82, 2.24) is 14.5 Å². The summed E-state index contributed by atoms with van der Waals surface area (Å²) in [6.45, 7) is 0. The van der Waals surface area contributed by atoms with Crippen LogP contribution < -0.4 is 0 Å². The molecular weight excluding hydrogens is 313 g/mol. The molecule has 3 nitrogen and oxygen atoms in total. The first-order valence-electron chi connectivity index (χ1n) is 7.07. The SMILES string of the molecule is Fc1cccnc1-c1cccc(Cl)c1-n1cnc2ccccc21. The minimum atomic E-state index is -0.388. The molecule has 5 heteroatoms. The number of nitrogens with zero attached hydrogens (tertiary/aromatic N) is 3. The molecule has 2 heterocycles. The maximum Gasteiger partial charge on any atom is 0.149 e. The van der Waals surface area contributed by atoms with Gasteiger partial charge in [0.25, 0.3) is 0 Å². The van der Waals surface area contributed by atoms with E-state index in [9.17, 15) is 4.39 Å². The summed E-state index contributed by atoms with van der Waals surface area (Å²) in [5, 5.41) is 0.510. The van der Waals surface area contributed by atoms with Crippen LogP contribution in [0.2, 0.25) is 5.02 Å². The molecule has 23 heavy (non-hydrogen) atoms. The van der Waals surface area contributed by atoms with E-state index < -0.39 is 0 Å². The molecule has 0 aliphatic heterocycles. The van der Waals surface area contributed by atoms with Gasteiger partial charge < -0.3 is 0 Å². The Morgan fingerprint density at radius 1 is 0.913 bits per heavy atom. The van der Waals surface area contributed by atoms with Gasteiger partial charge in [-0.05, 0) is 30.3 Å². The number of pyridine rings is 1. The molecule has 4 aromatic rings. The van der Waals surface area contributed by atoms with Crippen molar-refractivity contribution < 1.29 is 4.39 Å². The molecule has 0 radical (unpaired) electrons. The second kappa shape index (κ2) is 5.48. The van der Waals surface area contributed by atoms with Crippen molar-refractivity contribution in [3.8, 4) is 16.9 Å². The van der Waals surface area contributed by atoms with Crippen LogP contribution >= 0.6 is 11.6 Å². The van der Waals surface area contributed by atoms with Crippen molar-refractivity contribution in [2.75, 3.05) is 0 Å². The minimum Gasteiger partial charge on any atom is -0.297 e. The molecular formula is C18H11ClFN3. The van der Waals surface area contributed by atoms with Crippen molar-refractivity contribution in [1.29, 1.82) is 0 Å². The third kappa shape index (κ3) is 2.28. The molecule has 0 amide bonds. The summed E-state index contributed by atoms with van der Waals surface area (Å²) in [5.74, 6) is -0.388. The van der Waals surface area contributed by atoms with Crippen LogP contribution in [0.4, 0.5) is 4.39 Å². The number of halogens is 2. The highest BCUT2D eigenvalue weighted by molar-refractivity contribution is 6.33. The van der Waals surface area contributed by atoms with Crippen LogP contribution in [-0.4, -0.2) is 14.5 Å². The van der Waals surface area contributed by atoms with Gasteiger partial charge in [-0.25, -0.2) is 9.37 Å². The van der Waals surface area contributed by atoms with E-state index in [1.807, 2.05) is 28.8 Å². The summed E-state index contributed by atoms with van der Waals surface area (Å²) < 4.78 is 16.1. The Kier molecular flexibility index (Phi) is 3.32. The lowest BCUT2D eigenvalue weighted by Crippen LogP contribution is -1.99. The van der Waals surface area contributed by atoms with Gasteiger partial charge in [0.05, 0.1) is 21.7 Å². The Bertz CT molecular complexity index is 1010. The van der Waals surface area contributed by atoms with Crippen molar-refractivity contribution in [2.24, 2.45) is 0 Å². The van der Waals surface area contributed by atoms with E-state index in [1.165, 1.54) is 6.07 Å². The molecule has 0 atom stereocenters. The van der Waals surface area contributed by atoms with Crippen LogP contribution in [0.1, 0.15) is 0 Å². The molecule has 0 N–H and O–H groups in total. The molecule has 112 valence electrons. The van der Waals surface area contributed by atoms with E-state index in [0.717, 1.165) is 11.0 Å². The fourth-order valence-corrected chi connectivity index (χ4v) is 2.94. The normalized spacial score (nSPS) is 11.0. The fourth-order valence-electron chi connectivity index (χ4n) is 2.67. The first-order valence-corrected chi connectivity index (χ1v) is 7.45. The van der Waals surface area contributed by atoms with E-state index in [4.69, 9.17) is 11.6 Å². The van der Waals surface area contributed by atoms with Gasteiger partial charge in [-0.3, -0.25) is 9.55 Å². The molecule has 0 bridgehead atoms. The van der Waals surface area contributed by atoms with Gasteiger partial charge in [0.15, 0.2) is 0 Å². The lowest BCUT2D eigenvalue weighted by atomic mass is 10.1. The maximum absolute atomic E-state index is 14.2. The second-order valence-electron chi connectivity index (χ2n) is 5.07. The summed E-state index contributed by atoms with van der Waals surface area (Å²) in [7, 11) is 0. The third-order valence-corrected chi connectivity index (χ3v) is 4.00. The molecule has 0 fully saturated rings. The number of fused-ring (bicyclic) bond motifs is 1. The highest BCUT2D eigenvalue weighted by Crippen LogP contribution is 2.34. The first kappa shape index (κ1) is 13.9. The Morgan fingerprint density at radius 2 is 1.78 bits per heavy atom. The third-order valence-electron chi connectivity index (χ3n) is 3.69. The van der Waals surface area contributed by atoms with Crippen LogP contribution in [-0.2, 0) is 0 Å². The van der Waals surface area contributed by atoms with Crippen LogP contribution in [0.15, 0.2) is 67.1 Å². The molecule has 0 spiro atoms. The topological polar surface area (TPSA) is 30.7 Å².